The summed E-state index contributed by atoms with van der Waals surface area (Å²) in [7, 11) is -3.58. The maximum atomic E-state index is 12.3. The summed E-state index contributed by atoms with van der Waals surface area (Å²) in [6, 6.07) is 6.08. The molecule has 0 aliphatic heterocycles. The Morgan fingerprint density at radius 1 is 1.28 bits per heavy atom. The third-order valence-corrected chi connectivity index (χ3v) is 6.10. The van der Waals surface area contributed by atoms with Crippen molar-refractivity contribution in [2.75, 3.05) is 13.1 Å². The summed E-state index contributed by atoms with van der Waals surface area (Å²) in [5, 5.41) is 2.80. The van der Waals surface area contributed by atoms with Crippen LogP contribution in [0.3, 0.4) is 0 Å². The Bertz CT molecular complexity index is 686. The van der Waals surface area contributed by atoms with E-state index in [4.69, 9.17) is 5.73 Å². The topological polar surface area (TPSA) is 101 Å². The lowest BCUT2D eigenvalue weighted by Crippen LogP contribution is -2.49. The van der Waals surface area contributed by atoms with E-state index < -0.39 is 15.6 Å². The molecule has 1 aliphatic rings. The average Bonchev–Trinajstić information content (AvgIpc) is 3.42. The minimum Gasteiger partial charge on any atom is -0.350 e. The van der Waals surface area contributed by atoms with Gasteiger partial charge in [-0.15, -0.1) is 12.4 Å². The van der Waals surface area contributed by atoms with Crippen LogP contribution in [0.5, 0.6) is 0 Å². The normalized spacial score (nSPS) is 14.7. The molecule has 1 saturated carbocycles. The van der Waals surface area contributed by atoms with E-state index in [1.54, 1.807) is 12.1 Å². The molecule has 25 heavy (non-hydrogen) atoms. The van der Waals surface area contributed by atoms with Crippen LogP contribution in [0.15, 0.2) is 29.2 Å². The highest BCUT2D eigenvalue weighted by atomic mass is 35.5. The fraction of sp³-hybridized carbons (Fsp3) is 0.588. The van der Waals surface area contributed by atoms with E-state index in [0.29, 0.717) is 24.6 Å². The number of hydrogen-bond donors (Lipinski definition) is 3. The van der Waals surface area contributed by atoms with E-state index >= 15 is 0 Å². The molecule has 0 bridgehead atoms. The van der Waals surface area contributed by atoms with Crippen molar-refractivity contribution in [3.8, 4) is 0 Å². The molecule has 0 spiro atoms. The molecule has 6 nitrogen and oxygen atoms in total. The molecule has 4 N–H and O–H groups in total. The number of carbonyl (C=O) groups excluding carboxylic acids is 1. The number of benzene rings is 1. The third-order valence-electron chi connectivity index (χ3n) is 4.67. The molecule has 2 rings (SSSR count). The summed E-state index contributed by atoms with van der Waals surface area (Å²) in [5.74, 6) is 0.137. The Balaban J connectivity index is 0.00000312. The number of carbonyl (C=O) groups is 1. The zero-order valence-corrected chi connectivity index (χ0v) is 16.4. The summed E-state index contributed by atoms with van der Waals surface area (Å²) in [4.78, 5) is 12.4. The predicted octanol–water partition coefficient (Wildman–Crippen LogP) is 2.04. The zero-order valence-electron chi connectivity index (χ0n) is 14.7. The Morgan fingerprint density at radius 3 is 2.48 bits per heavy atom. The fourth-order valence-corrected chi connectivity index (χ4v) is 3.46. The molecule has 0 aromatic heterocycles. The van der Waals surface area contributed by atoms with E-state index in [0.717, 1.165) is 25.7 Å². The van der Waals surface area contributed by atoms with Crippen LogP contribution in [0.4, 0.5) is 0 Å². The van der Waals surface area contributed by atoms with Gasteiger partial charge in [-0.2, -0.15) is 0 Å². The van der Waals surface area contributed by atoms with Crippen molar-refractivity contribution in [3.63, 3.8) is 0 Å². The van der Waals surface area contributed by atoms with Crippen molar-refractivity contribution in [2.24, 2.45) is 11.7 Å². The van der Waals surface area contributed by atoms with Gasteiger partial charge in [-0.25, -0.2) is 13.1 Å². The van der Waals surface area contributed by atoms with Gasteiger partial charge >= 0.3 is 0 Å². The lowest BCUT2D eigenvalue weighted by Gasteiger charge is -2.26. The van der Waals surface area contributed by atoms with Crippen molar-refractivity contribution < 1.29 is 13.2 Å². The second kappa shape index (κ2) is 8.98. The number of nitrogens with one attached hydrogen (secondary N) is 2. The second-order valence-corrected chi connectivity index (χ2v) is 8.34. The van der Waals surface area contributed by atoms with Crippen molar-refractivity contribution in [1.82, 2.24) is 10.0 Å². The number of rotatable bonds is 9. The van der Waals surface area contributed by atoms with Crippen molar-refractivity contribution in [3.05, 3.63) is 29.8 Å². The molecule has 8 heteroatoms. The molecule has 0 unspecified atom stereocenters. The van der Waals surface area contributed by atoms with Gasteiger partial charge in [0.05, 0.1) is 4.90 Å². The summed E-state index contributed by atoms with van der Waals surface area (Å²) in [6.45, 7) is 4.78. The molecular weight excluding hydrogens is 362 g/mol. The van der Waals surface area contributed by atoms with Gasteiger partial charge in [-0.05, 0) is 49.8 Å². The molecular formula is C17H28ClN3O3S. The summed E-state index contributed by atoms with van der Waals surface area (Å²) in [6.07, 6.45) is 3.65. The van der Waals surface area contributed by atoms with Crippen LogP contribution >= 0.6 is 12.4 Å². The molecule has 0 radical (unpaired) electrons. The first-order valence-electron chi connectivity index (χ1n) is 8.46. The SMILES string of the molecule is CCC(N)(CC)CNC(=O)c1cccc(S(=O)(=O)NCC2CC2)c1.Cl. The highest BCUT2D eigenvalue weighted by Gasteiger charge is 2.25. The maximum absolute atomic E-state index is 12.3. The van der Waals surface area contributed by atoms with Crippen LogP contribution in [-0.2, 0) is 10.0 Å². The number of amides is 1. The quantitative estimate of drug-likeness (QED) is 0.601. The van der Waals surface area contributed by atoms with Crippen molar-refractivity contribution >= 4 is 28.3 Å². The molecule has 1 aromatic carbocycles. The Kier molecular flexibility index (Phi) is 7.87. The van der Waals surface area contributed by atoms with E-state index in [-0.39, 0.29) is 23.2 Å². The van der Waals surface area contributed by atoms with E-state index in [1.165, 1.54) is 12.1 Å². The third kappa shape index (κ3) is 6.26. The molecule has 0 heterocycles. The van der Waals surface area contributed by atoms with Crippen LogP contribution < -0.4 is 15.8 Å². The Morgan fingerprint density at radius 2 is 1.92 bits per heavy atom. The van der Waals surface area contributed by atoms with Crippen LogP contribution in [0.2, 0.25) is 0 Å². The smallest absolute Gasteiger partial charge is 0.251 e. The number of halogens is 1. The first kappa shape index (κ1) is 21.9. The molecule has 1 aromatic rings. The highest BCUT2D eigenvalue weighted by molar-refractivity contribution is 7.89. The van der Waals surface area contributed by atoms with E-state index in [9.17, 15) is 13.2 Å². The monoisotopic (exact) mass is 389 g/mol. The predicted molar refractivity (Wildman–Crippen MR) is 101 cm³/mol. The van der Waals surface area contributed by atoms with E-state index in [2.05, 4.69) is 10.0 Å². The average molecular weight is 390 g/mol. The van der Waals surface area contributed by atoms with Crippen LogP contribution in [0.1, 0.15) is 49.9 Å². The van der Waals surface area contributed by atoms with Gasteiger partial charge in [0.2, 0.25) is 10.0 Å². The summed E-state index contributed by atoms with van der Waals surface area (Å²) < 4.78 is 27.2. The molecule has 0 saturated heterocycles. The van der Waals surface area contributed by atoms with Gasteiger partial charge in [0.15, 0.2) is 0 Å². The molecule has 0 atom stereocenters. The Hall–Kier alpha value is -1.15. The van der Waals surface area contributed by atoms with Crippen LogP contribution in [0.25, 0.3) is 0 Å². The van der Waals surface area contributed by atoms with Gasteiger partial charge in [-0.3, -0.25) is 4.79 Å². The molecule has 142 valence electrons. The minimum atomic E-state index is -3.58. The van der Waals surface area contributed by atoms with Gasteiger partial charge < -0.3 is 11.1 Å². The Labute approximate surface area is 156 Å². The van der Waals surface area contributed by atoms with Crippen molar-refractivity contribution in [2.45, 2.75) is 50.0 Å². The van der Waals surface area contributed by atoms with Gasteiger partial charge in [0, 0.05) is 24.2 Å². The second-order valence-electron chi connectivity index (χ2n) is 6.58. The van der Waals surface area contributed by atoms with E-state index in [1.807, 2.05) is 13.8 Å². The van der Waals surface area contributed by atoms with Crippen LogP contribution in [0, 0.1) is 5.92 Å². The number of hydrogen-bond acceptors (Lipinski definition) is 4. The summed E-state index contributed by atoms with van der Waals surface area (Å²) >= 11 is 0. The largest absolute Gasteiger partial charge is 0.350 e. The molecule has 1 amide bonds. The van der Waals surface area contributed by atoms with Gasteiger partial charge in [0.25, 0.3) is 5.91 Å². The molecule has 1 fully saturated rings. The van der Waals surface area contributed by atoms with Crippen molar-refractivity contribution in [1.29, 1.82) is 0 Å². The maximum Gasteiger partial charge on any atom is 0.251 e. The lowest BCUT2D eigenvalue weighted by molar-refractivity contribution is 0.0942. The first-order valence-corrected chi connectivity index (χ1v) is 9.95. The lowest BCUT2D eigenvalue weighted by atomic mass is 9.94. The van der Waals surface area contributed by atoms with Crippen LogP contribution in [-0.4, -0.2) is 33.0 Å². The zero-order chi connectivity index (χ0) is 17.8. The summed E-state index contributed by atoms with van der Waals surface area (Å²) in [5.41, 5.74) is 6.05. The standard InChI is InChI=1S/C17H27N3O3S.ClH/c1-3-17(18,4-2)12-19-16(21)14-6-5-7-15(10-14)24(22,23)20-11-13-8-9-13;/h5-7,10,13,20H,3-4,8-9,11-12,18H2,1-2H3,(H,19,21);1H. The van der Waals surface area contributed by atoms with Gasteiger partial charge in [-0.1, -0.05) is 19.9 Å². The first-order chi connectivity index (χ1) is 11.3. The minimum absolute atomic E-state index is 0. The number of nitrogens with two attached hydrogens (primary N) is 1. The van der Waals surface area contributed by atoms with Gasteiger partial charge in [0.1, 0.15) is 0 Å². The number of sulfonamides is 1. The molecule has 1 aliphatic carbocycles. The highest BCUT2D eigenvalue weighted by Crippen LogP contribution is 2.28. The fourth-order valence-electron chi connectivity index (χ4n) is 2.30.